The number of benzene rings is 2. The van der Waals surface area contributed by atoms with Gasteiger partial charge >= 0.3 is 12.2 Å². The normalized spacial score (nSPS) is 19.7. The molecule has 1 unspecified atom stereocenters. The largest absolute Gasteiger partial charge is 0.465 e. The number of nitrogens with zero attached hydrogens (tertiary/aromatic N) is 2. The summed E-state index contributed by atoms with van der Waals surface area (Å²) >= 11 is 0. The molecule has 3 aromatic rings. The maximum absolute atomic E-state index is 15.4. The van der Waals surface area contributed by atoms with E-state index in [-0.39, 0.29) is 6.04 Å². The summed E-state index contributed by atoms with van der Waals surface area (Å²) in [7, 11) is 1.52. The first-order valence-electron chi connectivity index (χ1n) is 15.9. The van der Waals surface area contributed by atoms with E-state index in [1.165, 1.54) is 18.1 Å². The van der Waals surface area contributed by atoms with E-state index in [1.807, 2.05) is 81.4 Å². The zero-order chi connectivity index (χ0) is 33.1. The Hall–Kier alpha value is -4.47. The van der Waals surface area contributed by atoms with Crippen molar-refractivity contribution in [2.45, 2.75) is 89.1 Å². The van der Waals surface area contributed by atoms with E-state index in [2.05, 4.69) is 10.6 Å². The third-order valence-electron chi connectivity index (χ3n) is 9.15. The van der Waals surface area contributed by atoms with Crippen molar-refractivity contribution in [3.63, 3.8) is 0 Å². The van der Waals surface area contributed by atoms with Gasteiger partial charge in [0.1, 0.15) is 5.60 Å². The lowest BCUT2D eigenvalue weighted by Crippen LogP contribution is -2.52. The molecule has 3 N–H and O–H groups in total. The molecule has 0 spiro atoms. The number of carbonyl (C=O) groups excluding carboxylic acids is 2. The summed E-state index contributed by atoms with van der Waals surface area (Å²) in [6.07, 6.45) is 2.96. The van der Waals surface area contributed by atoms with E-state index in [0.717, 1.165) is 41.5 Å². The first kappa shape index (κ1) is 32.9. The van der Waals surface area contributed by atoms with Crippen molar-refractivity contribution < 1.29 is 28.6 Å². The predicted molar refractivity (Wildman–Crippen MR) is 175 cm³/mol. The molecule has 244 valence electrons. The monoisotopic (exact) mass is 630 g/mol. The lowest BCUT2D eigenvalue weighted by atomic mass is 9.71. The molecule has 2 aliphatic rings. The second-order valence-electron chi connectivity index (χ2n) is 13.5. The van der Waals surface area contributed by atoms with Crippen molar-refractivity contribution in [1.29, 1.82) is 0 Å². The number of aromatic nitrogens is 1. The maximum atomic E-state index is 15.4. The fourth-order valence-corrected chi connectivity index (χ4v) is 6.43. The van der Waals surface area contributed by atoms with Crippen LogP contribution >= 0.6 is 0 Å². The number of amides is 3. The van der Waals surface area contributed by atoms with E-state index < -0.39 is 41.3 Å². The van der Waals surface area contributed by atoms with Crippen LogP contribution in [-0.4, -0.2) is 57.9 Å². The van der Waals surface area contributed by atoms with Crippen LogP contribution in [-0.2, 0) is 15.1 Å². The SMILES string of the molecule is CN(C(=O)O)C1CCC(C(F)C(=O)Nc2cnc(-c3ccc(C4(NC(=O)OC(C)(C)C)CCC4)cc3)c(-c3ccccc3)c2)CC1. The molecule has 2 aliphatic carbocycles. The fraction of sp³-hybridized carbons (Fsp3) is 0.444. The van der Waals surface area contributed by atoms with Gasteiger partial charge in [-0.25, -0.2) is 14.0 Å². The molecule has 0 bridgehead atoms. The number of hydrogen-bond acceptors (Lipinski definition) is 5. The van der Waals surface area contributed by atoms with Crippen LogP contribution in [0, 0.1) is 5.92 Å². The molecule has 0 aliphatic heterocycles. The van der Waals surface area contributed by atoms with Gasteiger partial charge in [-0.05, 0) is 88.8 Å². The zero-order valence-electron chi connectivity index (χ0n) is 26.9. The molecule has 2 saturated carbocycles. The average Bonchev–Trinajstić information content (AvgIpc) is 3.02. The molecule has 0 radical (unpaired) electrons. The van der Waals surface area contributed by atoms with Gasteiger partial charge in [0.25, 0.3) is 5.91 Å². The second-order valence-corrected chi connectivity index (χ2v) is 13.5. The van der Waals surface area contributed by atoms with Crippen LogP contribution in [0.4, 0.5) is 19.7 Å². The first-order valence-corrected chi connectivity index (χ1v) is 15.9. The van der Waals surface area contributed by atoms with Crippen LogP contribution in [0.1, 0.15) is 71.3 Å². The highest BCUT2D eigenvalue weighted by atomic mass is 19.1. The molecule has 3 amide bonds. The van der Waals surface area contributed by atoms with Crippen molar-refractivity contribution >= 4 is 23.8 Å². The summed E-state index contributed by atoms with van der Waals surface area (Å²) in [5, 5.41) is 15.1. The fourth-order valence-electron chi connectivity index (χ4n) is 6.43. The lowest BCUT2D eigenvalue weighted by molar-refractivity contribution is -0.123. The standard InChI is InChI=1S/C36H43FN4O5/c1-35(2,3)46-33(43)40-36(19-8-20-36)26-15-11-25(12-16-26)31-29(23-9-6-5-7-10-23)21-27(22-38-31)39-32(42)30(37)24-13-17-28(18-14-24)41(4)34(44)45/h5-7,9-12,15-16,21-22,24,28,30H,8,13-14,17-20H2,1-4H3,(H,39,42)(H,40,43)(H,44,45). The molecule has 1 atom stereocenters. The number of alkyl carbamates (subject to hydrolysis) is 1. The third kappa shape index (κ3) is 7.49. The van der Waals surface area contributed by atoms with Gasteiger partial charge in [0.15, 0.2) is 6.17 Å². The maximum Gasteiger partial charge on any atom is 0.408 e. The zero-order valence-corrected chi connectivity index (χ0v) is 26.9. The van der Waals surface area contributed by atoms with E-state index in [9.17, 15) is 19.5 Å². The summed E-state index contributed by atoms with van der Waals surface area (Å²) in [5.41, 5.74) is 3.56. The van der Waals surface area contributed by atoms with Crippen LogP contribution in [0.25, 0.3) is 22.4 Å². The quantitative estimate of drug-likeness (QED) is 0.234. The van der Waals surface area contributed by atoms with Gasteiger partial charge in [0.2, 0.25) is 0 Å². The Bertz CT molecular complexity index is 1540. The number of alkyl halides is 1. The number of ether oxygens (including phenoxy) is 1. The topological polar surface area (TPSA) is 121 Å². The van der Waals surface area contributed by atoms with Gasteiger partial charge < -0.3 is 25.4 Å². The highest BCUT2D eigenvalue weighted by molar-refractivity contribution is 5.95. The number of hydrogen-bond donors (Lipinski definition) is 3. The number of halogens is 1. The molecule has 1 aromatic heterocycles. The van der Waals surface area contributed by atoms with Gasteiger partial charge in [0.05, 0.1) is 23.1 Å². The molecule has 2 fully saturated rings. The van der Waals surface area contributed by atoms with Crippen LogP contribution in [0.2, 0.25) is 0 Å². The number of pyridine rings is 1. The number of carboxylic acid groups (broad SMARTS) is 1. The van der Waals surface area contributed by atoms with Gasteiger partial charge in [-0.3, -0.25) is 9.78 Å². The summed E-state index contributed by atoms with van der Waals surface area (Å²) in [4.78, 5) is 42.9. The van der Waals surface area contributed by atoms with Crippen molar-refractivity contribution in [2.24, 2.45) is 5.92 Å². The van der Waals surface area contributed by atoms with E-state index in [0.29, 0.717) is 37.1 Å². The molecular formula is C36H43FN4O5. The van der Waals surface area contributed by atoms with Crippen LogP contribution in [0.5, 0.6) is 0 Å². The highest BCUT2D eigenvalue weighted by Gasteiger charge is 2.41. The Morgan fingerprint density at radius 2 is 1.65 bits per heavy atom. The van der Waals surface area contributed by atoms with Gasteiger partial charge in [0, 0.05) is 24.2 Å². The van der Waals surface area contributed by atoms with Crippen molar-refractivity contribution in [2.75, 3.05) is 12.4 Å². The number of anilines is 1. The summed E-state index contributed by atoms with van der Waals surface area (Å²) in [6, 6.07) is 19.3. The minimum atomic E-state index is -1.71. The smallest absolute Gasteiger partial charge is 0.408 e. The number of carbonyl (C=O) groups is 3. The van der Waals surface area contributed by atoms with E-state index in [4.69, 9.17) is 9.72 Å². The number of nitrogens with one attached hydrogen (secondary N) is 2. The minimum Gasteiger partial charge on any atom is -0.465 e. The van der Waals surface area contributed by atoms with E-state index >= 15 is 4.39 Å². The number of rotatable bonds is 8. The minimum absolute atomic E-state index is 0.163. The van der Waals surface area contributed by atoms with Gasteiger partial charge in [-0.15, -0.1) is 0 Å². The lowest BCUT2D eigenvalue weighted by Gasteiger charge is -2.43. The first-order chi connectivity index (χ1) is 21.8. The molecule has 10 heteroatoms. The summed E-state index contributed by atoms with van der Waals surface area (Å²) in [6.45, 7) is 5.53. The molecular weight excluding hydrogens is 587 g/mol. The van der Waals surface area contributed by atoms with Crippen LogP contribution < -0.4 is 10.6 Å². The Kier molecular flexibility index (Phi) is 9.65. The molecule has 1 heterocycles. The Labute approximate surface area is 269 Å². The summed E-state index contributed by atoms with van der Waals surface area (Å²) in [5.74, 6) is -1.20. The van der Waals surface area contributed by atoms with Gasteiger partial charge in [-0.2, -0.15) is 0 Å². The van der Waals surface area contributed by atoms with Crippen molar-refractivity contribution in [3.05, 3.63) is 72.4 Å². The van der Waals surface area contributed by atoms with Crippen LogP contribution in [0.15, 0.2) is 66.9 Å². The Balaban J connectivity index is 1.33. The molecule has 2 aromatic carbocycles. The predicted octanol–water partition coefficient (Wildman–Crippen LogP) is 7.76. The van der Waals surface area contributed by atoms with Crippen LogP contribution in [0.3, 0.4) is 0 Å². The summed E-state index contributed by atoms with van der Waals surface area (Å²) < 4.78 is 20.9. The molecule has 0 saturated heterocycles. The van der Waals surface area contributed by atoms with E-state index in [1.54, 1.807) is 0 Å². The highest BCUT2D eigenvalue weighted by Crippen LogP contribution is 2.42. The molecule has 9 nitrogen and oxygen atoms in total. The van der Waals surface area contributed by atoms with Gasteiger partial charge in [-0.1, -0.05) is 54.6 Å². The molecule has 5 rings (SSSR count). The van der Waals surface area contributed by atoms with Crippen molar-refractivity contribution in [1.82, 2.24) is 15.2 Å². The second kappa shape index (κ2) is 13.5. The molecule has 46 heavy (non-hydrogen) atoms. The Morgan fingerprint density at radius 3 is 2.22 bits per heavy atom. The third-order valence-corrected chi connectivity index (χ3v) is 9.15. The Morgan fingerprint density at radius 1 is 1.00 bits per heavy atom. The van der Waals surface area contributed by atoms with Crippen molar-refractivity contribution in [3.8, 4) is 22.4 Å². The average molecular weight is 631 g/mol.